The number of carbonyl (C=O) groups excluding carboxylic acids is 2. The number of nitrogens with zero attached hydrogens (tertiary/aromatic N) is 2. The number of amides is 2. The van der Waals surface area contributed by atoms with Crippen molar-refractivity contribution >= 4 is 29.3 Å². The maximum atomic E-state index is 12.6. The number of ether oxygens (including phenoxy) is 1. The van der Waals surface area contributed by atoms with Crippen molar-refractivity contribution < 1.29 is 18.8 Å². The van der Waals surface area contributed by atoms with E-state index in [4.69, 9.17) is 9.26 Å². The van der Waals surface area contributed by atoms with Gasteiger partial charge in [0.25, 0.3) is 0 Å². The molecule has 2 N–H and O–H groups in total. The lowest BCUT2D eigenvalue weighted by molar-refractivity contribution is -0.126. The fourth-order valence-corrected chi connectivity index (χ4v) is 3.01. The summed E-state index contributed by atoms with van der Waals surface area (Å²) in [5, 5.41) is 9.36. The topological polar surface area (TPSA) is 106 Å². The van der Waals surface area contributed by atoms with E-state index in [-0.39, 0.29) is 24.8 Å². The number of hydrogen-bond donors (Lipinski definition) is 2. The first-order chi connectivity index (χ1) is 12.1. The number of methoxy groups -OCH3 is 1. The Hall–Kier alpha value is -2.55. The predicted molar refractivity (Wildman–Crippen MR) is 92.3 cm³/mol. The van der Waals surface area contributed by atoms with Gasteiger partial charge in [-0.05, 0) is 30.0 Å². The van der Waals surface area contributed by atoms with Crippen molar-refractivity contribution in [2.24, 2.45) is 0 Å². The molecule has 0 saturated heterocycles. The fraction of sp³-hybridized carbons (Fsp3) is 0.375. The second kappa shape index (κ2) is 7.56. The van der Waals surface area contributed by atoms with Gasteiger partial charge in [-0.3, -0.25) is 9.59 Å². The molecule has 1 aliphatic heterocycles. The molecule has 8 nitrogen and oxygen atoms in total. The number of fused-ring (bicyclic) bond motifs is 1. The molecule has 1 aliphatic rings. The molecular formula is C16H18N4O4S. The van der Waals surface area contributed by atoms with E-state index < -0.39 is 5.92 Å². The normalized spacial score (nSPS) is 16.1. The van der Waals surface area contributed by atoms with E-state index in [9.17, 15) is 9.59 Å². The Labute approximate surface area is 148 Å². The fourth-order valence-electron chi connectivity index (χ4n) is 2.64. The monoisotopic (exact) mass is 362 g/mol. The molecule has 0 radical (unpaired) electrons. The summed E-state index contributed by atoms with van der Waals surface area (Å²) in [4.78, 5) is 28.7. The zero-order valence-corrected chi connectivity index (χ0v) is 14.7. The highest BCUT2D eigenvalue weighted by Gasteiger charge is 2.31. The summed E-state index contributed by atoms with van der Waals surface area (Å²) in [5.41, 5.74) is 1.35. The van der Waals surface area contributed by atoms with Crippen LogP contribution in [-0.2, 0) is 21.9 Å². The molecule has 1 aromatic carbocycles. The van der Waals surface area contributed by atoms with Crippen molar-refractivity contribution in [3.05, 3.63) is 35.5 Å². The van der Waals surface area contributed by atoms with Crippen molar-refractivity contribution in [3.63, 3.8) is 0 Å². The predicted octanol–water partition coefficient (Wildman–Crippen LogP) is 1.68. The van der Waals surface area contributed by atoms with Crippen molar-refractivity contribution in [2.75, 3.05) is 18.7 Å². The number of aromatic nitrogens is 2. The van der Waals surface area contributed by atoms with Crippen LogP contribution in [0.5, 0.6) is 5.75 Å². The summed E-state index contributed by atoms with van der Waals surface area (Å²) in [6.45, 7) is 0.123. The highest BCUT2D eigenvalue weighted by atomic mass is 32.2. The van der Waals surface area contributed by atoms with E-state index in [2.05, 4.69) is 20.8 Å². The van der Waals surface area contributed by atoms with E-state index in [1.807, 2.05) is 6.26 Å². The Morgan fingerprint density at radius 1 is 1.52 bits per heavy atom. The Morgan fingerprint density at radius 2 is 2.36 bits per heavy atom. The van der Waals surface area contributed by atoms with Crippen LogP contribution >= 0.6 is 11.8 Å². The van der Waals surface area contributed by atoms with Gasteiger partial charge in [0, 0.05) is 12.1 Å². The van der Waals surface area contributed by atoms with Crippen LogP contribution < -0.4 is 15.4 Å². The Kier molecular flexibility index (Phi) is 5.22. The zero-order valence-electron chi connectivity index (χ0n) is 13.9. The minimum Gasteiger partial charge on any atom is -0.497 e. The quantitative estimate of drug-likeness (QED) is 0.805. The molecular weight excluding hydrogens is 344 g/mol. The van der Waals surface area contributed by atoms with Crippen LogP contribution in [0.15, 0.2) is 22.7 Å². The lowest BCUT2D eigenvalue weighted by Crippen LogP contribution is -2.34. The average molecular weight is 362 g/mol. The van der Waals surface area contributed by atoms with Crippen LogP contribution in [0.2, 0.25) is 0 Å². The van der Waals surface area contributed by atoms with Crippen LogP contribution in [0.1, 0.15) is 29.6 Å². The molecule has 3 rings (SSSR count). The second-order valence-electron chi connectivity index (χ2n) is 5.51. The van der Waals surface area contributed by atoms with Crippen LogP contribution in [0.25, 0.3) is 0 Å². The van der Waals surface area contributed by atoms with Crippen molar-refractivity contribution in [1.29, 1.82) is 0 Å². The van der Waals surface area contributed by atoms with Gasteiger partial charge in [0.15, 0.2) is 5.82 Å². The number of rotatable bonds is 6. The van der Waals surface area contributed by atoms with Gasteiger partial charge in [-0.25, -0.2) is 0 Å². The number of carbonyl (C=O) groups is 2. The number of anilines is 1. The van der Waals surface area contributed by atoms with Gasteiger partial charge >= 0.3 is 0 Å². The largest absolute Gasteiger partial charge is 0.497 e. The summed E-state index contributed by atoms with van der Waals surface area (Å²) < 4.78 is 10.3. The number of thioether (sulfide) groups is 1. The summed E-state index contributed by atoms with van der Waals surface area (Å²) in [7, 11) is 1.56. The van der Waals surface area contributed by atoms with Gasteiger partial charge in [0.1, 0.15) is 5.75 Å². The van der Waals surface area contributed by atoms with E-state index in [1.54, 1.807) is 37.1 Å². The van der Waals surface area contributed by atoms with E-state index in [1.165, 1.54) is 0 Å². The summed E-state index contributed by atoms with van der Waals surface area (Å²) in [6, 6.07) is 5.24. The molecule has 2 heterocycles. The second-order valence-corrected chi connectivity index (χ2v) is 6.38. The lowest BCUT2D eigenvalue weighted by atomic mass is 9.89. The highest BCUT2D eigenvalue weighted by Crippen LogP contribution is 2.35. The van der Waals surface area contributed by atoms with Gasteiger partial charge in [-0.15, -0.1) is 0 Å². The van der Waals surface area contributed by atoms with Crippen LogP contribution in [0.3, 0.4) is 0 Å². The lowest BCUT2D eigenvalue weighted by Gasteiger charge is -2.25. The van der Waals surface area contributed by atoms with Crippen LogP contribution in [0, 0.1) is 0 Å². The summed E-state index contributed by atoms with van der Waals surface area (Å²) in [6.07, 6.45) is 2.02. The first-order valence-electron chi connectivity index (χ1n) is 7.66. The molecule has 1 aromatic heterocycles. The molecule has 0 bridgehead atoms. The zero-order chi connectivity index (χ0) is 17.8. The first-order valence-corrected chi connectivity index (χ1v) is 9.06. The molecule has 9 heteroatoms. The molecule has 0 saturated carbocycles. The highest BCUT2D eigenvalue weighted by molar-refractivity contribution is 7.97. The first kappa shape index (κ1) is 17.3. The van der Waals surface area contributed by atoms with Gasteiger partial charge in [-0.2, -0.15) is 16.7 Å². The Morgan fingerprint density at radius 3 is 3.12 bits per heavy atom. The number of nitrogens with one attached hydrogen (secondary N) is 2. The SMILES string of the molecule is COc1ccc2c(c1)C(C(=O)NCc1nc(CSC)no1)CC(=O)N2. The Balaban J connectivity index is 1.72. The standard InChI is InChI=1S/C16H18N4O4S/c1-23-9-3-4-12-10(5-9)11(6-14(21)18-12)16(22)17-7-15-19-13(8-25-2)20-24-15/h3-5,11H,6-8H2,1-2H3,(H,17,22)(H,18,21). The van der Waals surface area contributed by atoms with Crippen molar-refractivity contribution in [1.82, 2.24) is 15.5 Å². The third-order valence-corrected chi connectivity index (χ3v) is 4.36. The van der Waals surface area contributed by atoms with Gasteiger partial charge in [0.2, 0.25) is 17.7 Å². The van der Waals surface area contributed by atoms with Crippen molar-refractivity contribution in [3.8, 4) is 5.75 Å². The third kappa shape index (κ3) is 3.93. The van der Waals surface area contributed by atoms with E-state index in [0.29, 0.717) is 28.9 Å². The summed E-state index contributed by atoms with van der Waals surface area (Å²) in [5.74, 6) is 1.14. The molecule has 25 heavy (non-hydrogen) atoms. The van der Waals surface area contributed by atoms with Crippen molar-refractivity contribution in [2.45, 2.75) is 24.6 Å². The average Bonchev–Trinajstić information content (AvgIpc) is 3.06. The Bertz CT molecular complexity index is 792. The minimum absolute atomic E-state index is 0.0769. The molecule has 0 fully saturated rings. The van der Waals surface area contributed by atoms with Crippen LogP contribution in [-0.4, -0.2) is 35.3 Å². The maximum absolute atomic E-state index is 12.6. The van der Waals surface area contributed by atoms with Gasteiger partial charge in [-0.1, -0.05) is 5.16 Å². The third-order valence-electron chi connectivity index (χ3n) is 3.81. The molecule has 132 valence electrons. The smallest absolute Gasteiger partial charge is 0.246 e. The molecule has 2 aromatic rings. The molecule has 1 unspecified atom stereocenters. The molecule has 2 amide bonds. The molecule has 1 atom stereocenters. The summed E-state index contributed by atoms with van der Waals surface area (Å²) >= 11 is 1.58. The maximum Gasteiger partial charge on any atom is 0.246 e. The van der Waals surface area contributed by atoms with E-state index in [0.717, 1.165) is 5.56 Å². The van der Waals surface area contributed by atoms with Gasteiger partial charge < -0.3 is 19.9 Å². The minimum atomic E-state index is -0.590. The number of hydrogen-bond acceptors (Lipinski definition) is 7. The van der Waals surface area contributed by atoms with Crippen LogP contribution in [0.4, 0.5) is 5.69 Å². The molecule has 0 aliphatic carbocycles. The van der Waals surface area contributed by atoms with Gasteiger partial charge in [0.05, 0.1) is 25.3 Å². The molecule has 0 spiro atoms. The van der Waals surface area contributed by atoms with E-state index >= 15 is 0 Å². The number of benzene rings is 1.